The van der Waals surface area contributed by atoms with Gasteiger partial charge in [0.1, 0.15) is 11.5 Å². The maximum Gasteiger partial charge on any atom is 0.124 e. The van der Waals surface area contributed by atoms with Gasteiger partial charge in [0, 0.05) is 18.5 Å². The van der Waals surface area contributed by atoms with Gasteiger partial charge in [0.05, 0.1) is 19.8 Å². The van der Waals surface area contributed by atoms with E-state index in [0.29, 0.717) is 13.0 Å². The Balaban J connectivity index is 2.68. The van der Waals surface area contributed by atoms with Crippen LogP contribution in [-0.2, 0) is 6.54 Å². The predicted molar refractivity (Wildman–Crippen MR) is 72.2 cm³/mol. The number of nitrogens with one attached hydrogen (secondary N) is 1. The van der Waals surface area contributed by atoms with Crippen LogP contribution in [0.2, 0.25) is 0 Å². The van der Waals surface area contributed by atoms with Crippen molar-refractivity contribution in [2.24, 2.45) is 0 Å². The topological polar surface area (TPSA) is 50.7 Å². The second-order valence-corrected chi connectivity index (χ2v) is 4.24. The van der Waals surface area contributed by atoms with Crippen molar-refractivity contribution in [3.63, 3.8) is 0 Å². The molecule has 1 aromatic rings. The summed E-state index contributed by atoms with van der Waals surface area (Å²) >= 11 is 0. The first kappa shape index (κ1) is 14.8. The molecule has 1 rings (SSSR count). The average Bonchev–Trinajstić information content (AvgIpc) is 2.36. The highest BCUT2D eigenvalue weighted by Gasteiger charge is 2.06. The van der Waals surface area contributed by atoms with E-state index in [0.717, 1.165) is 30.2 Å². The third-order valence-electron chi connectivity index (χ3n) is 2.63. The highest BCUT2D eigenvalue weighted by molar-refractivity contribution is 5.40. The fraction of sp³-hybridized carbons (Fsp3) is 0.571. The number of methoxy groups -OCH3 is 1. The summed E-state index contributed by atoms with van der Waals surface area (Å²) in [6.45, 7) is 6.00. The smallest absolute Gasteiger partial charge is 0.124 e. The lowest BCUT2D eigenvalue weighted by molar-refractivity contribution is 0.155. The van der Waals surface area contributed by atoms with Crippen molar-refractivity contribution in [1.29, 1.82) is 0 Å². The summed E-state index contributed by atoms with van der Waals surface area (Å²) in [5.74, 6) is 1.67. The first-order valence-electron chi connectivity index (χ1n) is 6.35. The SMILES string of the molecule is CCNCc1cc(OC)ccc1OCCC(C)O. The molecule has 4 heteroatoms. The van der Waals surface area contributed by atoms with Crippen molar-refractivity contribution in [2.75, 3.05) is 20.3 Å². The zero-order chi connectivity index (χ0) is 13.4. The van der Waals surface area contributed by atoms with E-state index in [9.17, 15) is 5.11 Å². The quantitative estimate of drug-likeness (QED) is 0.743. The van der Waals surface area contributed by atoms with E-state index in [-0.39, 0.29) is 6.10 Å². The summed E-state index contributed by atoms with van der Waals surface area (Å²) in [6, 6.07) is 5.76. The third kappa shape index (κ3) is 4.94. The fourth-order valence-electron chi connectivity index (χ4n) is 1.56. The lowest BCUT2D eigenvalue weighted by Crippen LogP contribution is -2.14. The van der Waals surface area contributed by atoms with E-state index < -0.39 is 0 Å². The Morgan fingerprint density at radius 2 is 2.17 bits per heavy atom. The van der Waals surface area contributed by atoms with Crippen LogP contribution in [-0.4, -0.2) is 31.5 Å². The van der Waals surface area contributed by atoms with Gasteiger partial charge in [0.25, 0.3) is 0 Å². The van der Waals surface area contributed by atoms with Crippen LogP contribution in [0.5, 0.6) is 11.5 Å². The van der Waals surface area contributed by atoms with E-state index in [1.165, 1.54) is 0 Å². The zero-order valence-electron chi connectivity index (χ0n) is 11.4. The Labute approximate surface area is 109 Å². The van der Waals surface area contributed by atoms with Crippen LogP contribution in [0.1, 0.15) is 25.8 Å². The minimum Gasteiger partial charge on any atom is -0.497 e. The Morgan fingerprint density at radius 1 is 1.39 bits per heavy atom. The van der Waals surface area contributed by atoms with Gasteiger partial charge >= 0.3 is 0 Å². The number of aliphatic hydroxyl groups excluding tert-OH is 1. The van der Waals surface area contributed by atoms with E-state index >= 15 is 0 Å². The van der Waals surface area contributed by atoms with E-state index in [4.69, 9.17) is 9.47 Å². The minimum absolute atomic E-state index is 0.333. The summed E-state index contributed by atoms with van der Waals surface area (Å²) in [5.41, 5.74) is 1.07. The zero-order valence-corrected chi connectivity index (χ0v) is 11.4. The van der Waals surface area contributed by atoms with Crippen LogP contribution >= 0.6 is 0 Å². The van der Waals surface area contributed by atoms with Crippen molar-refractivity contribution >= 4 is 0 Å². The van der Waals surface area contributed by atoms with E-state index in [1.54, 1.807) is 14.0 Å². The highest BCUT2D eigenvalue weighted by atomic mass is 16.5. The molecule has 0 saturated heterocycles. The molecule has 0 aliphatic rings. The van der Waals surface area contributed by atoms with Crippen LogP contribution in [0, 0.1) is 0 Å². The number of rotatable bonds is 8. The average molecular weight is 253 g/mol. The Bertz CT molecular complexity index is 353. The number of hydrogen-bond donors (Lipinski definition) is 2. The lowest BCUT2D eigenvalue weighted by atomic mass is 10.2. The summed E-state index contributed by atoms with van der Waals surface area (Å²) in [7, 11) is 1.65. The molecule has 0 heterocycles. The summed E-state index contributed by atoms with van der Waals surface area (Å²) < 4.78 is 10.9. The molecule has 0 spiro atoms. The normalized spacial score (nSPS) is 12.2. The molecule has 0 amide bonds. The van der Waals surface area contributed by atoms with Gasteiger partial charge in [0.2, 0.25) is 0 Å². The van der Waals surface area contributed by atoms with Gasteiger partial charge in [-0.05, 0) is 31.7 Å². The summed E-state index contributed by atoms with van der Waals surface area (Å²) in [6.07, 6.45) is 0.299. The molecule has 0 saturated carbocycles. The van der Waals surface area contributed by atoms with Crippen molar-refractivity contribution < 1.29 is 14.6 Å². The Hall–Kier alpha value is -1.26. The van der Waals surface area contributed by atoms with Gasteiger partial charge in [-0.2, -0.15) is 0 Å². The van der Waals surface area contributed by atoms with Gasteiger partial charge in [-0.25, -0.2) is 0 Å². The van der Waals surface area contributed by atoms with Gasteiger partial charge in [0.15, 0.2) is 0 Å². The van der Waals surface area contributed by atoms with Crippen LogP contribution in [0.3, 0.4) is 0 Å². The molecule has 1 aromatic carbocycles. The monoisotopic (exact) mass is 253 g/mol. The number of benzene rings is 1. The lowest BCUT2D eigenvalue weighted by Gasteiger charge is -2.14. The van der Waals surface area contributed by atoms with Gasteiger partial charge in [-0.3, -0.25) is 0 Å². The summed E-state index contributed by atoms with van der Waals surface area (Å²) in [4.78, 5) is 0. The van der Waals surface area contributed by atoms with Crippen LogP contribution in [0.25, 0.3) is 0 Å². The van der Waals surface area contributed by atoms with Crippen molar-refractivity contribution in [2.45, 2.75) is 32.9 Å². The summed E-state index contributed by atoms with van der Waals surface area (Å²) in [5, 5.41) is 12.5. The van der Waals surface area contributed by atoms with Crippen LogP contribution in [0.15, 0.2) is 18.2 Å². The standard InChI is InChI=1S/C14H23NO3/c1-4-15-10-12-9-13(17-3)5-6-14(12)18-8-7-11(2)16/h5-6,9,11,15-16H,4,7-8,10H2,1-3H3. The van der Waals surface area contributed by atoms with E-state index in [1.807, 2.05) is 18.2 Å². The molecule has 1 atom stereocenters. The third-order valence-corrected chi connectivity index (χ3v) is 2.63. The number of aliphatic hydroxyl groups is 1. The molecule has 1 unspecified atom stereocenters. The van der Waals surface area contributed by atoms with Crippen LogP contribution < -0.4 is 14.8 Å². The van der Waals surface area contributed by atoms with Crippen molar-refractivity contribution in [3.8, 4) is 11.5 Å². The first-order chi connectivity index (χ1) is 8.67. The van der Waals surface area contributed by atoms with Crippen molar-refractivity contribution in [1.82, 2.24) is 5.32 Å². The Kier molecular flexibility index (Phi) is 6.54. The highest BCUT2D eigenvalue weighted by Crippen LogP contribution is 2.24. The second kappa shape index (κ2) is 7.95. The minimum atomic E-state index is -0.333. The van der Waals surface area contributed by atoms with Crippen LogP contribution in [0.4, 0.5) is 0 Å². The largest absolute Gasteiger partial charge is 0.497 e. The fourth-order valence-corrected chi connectivity index (χ4v) is 1.56. The molecule has 2 N–H and O–H groups in total. The molecule has 0 bridgehead atoms. The second-order valence-electron chi connectivity index (χ2n) is 4.24. The first-order valence-corrected chi connectivity index (χ1v) is 6.35. The maximum absolute atomic E-state index is 9.21. The molecule has 4 nitrogen and oxygen atoms in total. The molecule has 0 aliphatic carbocycles. The van der Waals surface area contributed by atoms with Gasteiger partial charge in [-0.15, -0.1) is 0 Å². The van der Waals surface area contributed by atoms with Crippen molar-refractivity contribution in [3.05, 3.63) is 23.8 Å². The molecule has 0 fully saturated rings. The van der Waals surface area contributed by atoms with Gasteiger partial charge in [-0.1, -0.05) is 6.92 Å². The van der Waals surface area contributed by atoms with E-state index in [2.05, 4.69) is 12.2 Å². The molecule has 0 radical (unpaired) electrons. The molecular weight excluding hydrogens is 230 g/mol. The molecule has 0 aromatic heterocycles. The molecular formula is C14H23NO3. The Morgan fingerprint density at radius 3 is 2.78 bits per heavy atom. The molecule has 18 heavy (non-hydrogen) atoms. The van der Waals surface area contributed by atoms with Gasteiger partial charge < -0.3 is 19.9 Å². The maximum atomic E-state index is 9.21. The molecule has 0 aliphatic heterocycles. The number of hydrogen-bond acceptors (Lipinski definition) is 4. The number of ether oxygens (including phenoxy) is 2. The molecule has 102 valence electrons. The predicted octanol–water partition coefficient (Wildman–Crippen LogP) is 1.95.